The molecule has 3 saturated heterocycles. The van der Waals surface area contributed by atoms with E-state index in [1.807, 2.05) is 64.2 Å². The minimum absolute atomic E-state index is 0. The van der Waals surface area contributed by atoms with Crippen LogP contribution in [0.4, 0.5) is 0 Å². The van der Waals surface area contributed by atoms with E-state index in [9.17, 15) is 33.9 Å². The number of rotatable bonds is 17. The number of allylic oxidation sites excluding steroid dienone is 9. The average Bonchev–Trinajstić information content (AvgIpc) is 3.09. The summed E-state index contributed by atoms with van der Waals surface area (Å²) in [5, 5.41) is 12.5. The fourth-order valence-corrected chi connectivity index (χ4v) is 8.95. The number of ketones is 3. The molecule has 3 aliphatic heterocycles. The summed E-state index contributed by atoms with van der Waals surface area (Å²) in [6.07, 6.45) is 22.2. The molecule has 502 valence electrons. The highest BCUT2D eigenvalue weighted by molar-refractivity contribution is 8.59. The number of aliphatic hydroxyl groups is 1. The summed E-state index contributed by atoms with van der Waals surface area (Å²) in [5.74, 6) is 7.87. The Hall–Kier alpha value is -1.99. The van der Waals surface area contributed by atoms with E-state index in [4.69, 9.17) is 39.7 Å². The maximum Gasteiger partial charge on any atom is 0.253 e. The van der Waals surface area contributed by atoms with E-state index in [2.05, 4.69) is 130 Å². The first-order valence-electron chi connectivity index (χ1n) is 25.6. The zero-order valence-electron chi connectivity index (χ0n) is 51.6. The van der Waals surface area contributed by atoms with Crippen LogP contribution in [0, 0.1) is 47.9 Å². The van der Waals surface area contributed by atoms with Crippen molar-refractivity contribution in [2.24, 2.45) is 23.7 Å². The van der Waals surface area contributed by atoms with Crippen LogP contribution in [-0.4, -0.2) is 162 Å². The molecule has 4 fully saturated rings. The van der Waals surface area contributed by atoms with Crippen LogP contribution in [0.25, 0.3) is 0 Å². The molecule has 88 heavy (non-hydrogen) atoms. The van der Waals surface area contributed by atoms with Gasteiger partial charge in [0.1, 0.15) is 0 Å². The van der Waals surface area contributed by atoms with Crippen molar-refractivity contribution in [1.29, 1.82) is 0 Å². The van der Waals surface area contributed by atoms with Gasteiger partial charge in [0, 0.05) is 195 Å². The van der Waals surface area contributed by atoms with Crippen molar-refractivity contribution in [3.8, 4) is 24.2 Å². The number of aliphatic hydroxyl groups excluding tert-OH is 1. The number of terminal acetylenes is 1. The third kappa shape index (κ3) is 61.5. The summed E-state index contributed by atoms with van der Waals surface area (Å²) in [6.45, 7) is 20.8. The fraction of sp³-hybridized carbons (Fsp3) is 0.593. The van der Waals surface area contributed by atoms with Crippen LogP contribution in [-0.2, 0) is 214 Å². The van der Waals surface area contributed by atoms with Gasteiger partial charge in [0.15, 0.2) is 17.9 Å². The zero-order chi connectivity index (χ0) is 68.0. The number of ether oxygens (including phenoxy) is 6. The normalized spacial score (nSPS) is 16.7. The first-order chi connectivity index (χ1) is 41.5. The molecule has 4 aliphatic rings. The van der Waals surface area contributed by atoms with Crippen LogP contribution in [0.5, 0.6) is 0 Å². The lowest BCUT2D eigenvalue weighted by Gasteiger charge is -2.14. The van der Waals surface area contributed by atoms with Gasteiger partial charge in [-0.2, -0.15) is 13.5 Å². The molecule has 4 rings (SSSR count). The van der Waals surface area contributed by atoms with Crippen molar-refractivity contribution < 1.29 is 76.8 Å². The molecule has 1 N–H and O–H groups in total. The number of hydroxylamine groups is 6. The average molecular weight is 1510 g/mol. The fourth-order valence-electron chi connectivity index (χ4n) is 6.21. The van der Waals surface area contributed by atoms with E-state index in [0.717, 1.165) is 24.6 Å². The SMILES string of the molecule is C#CC1OCCO1.C/C=C/C(=O)CC(=O)N(C)OC.C/C=C/[C@H](C)CC(=O)C#CC1OCCO1.C/C=C/[C@H](C)CC(=O)N(C)OC.C/C=C/[C@H](O)CC(=O)N(C)OC.C=C[C@@H]1/C(=C/C2OCCO2)C(=O)C[C@H]1C.S.S=S.S=S=S.S=S=S=S.S=S=S=S=S. The lowest BCUT2D eigenvalue weighted by Crippen LogP contribution is -2.28. The maximum atomic E-state index is 11.7. The first kappa shape index (κ1) is 99.6. The molecule has 0 spiro atoms. The molecule has 3 heterocycles. The second-order valence-electron chi connectivity index (χ2n) is 16.6. The number of nitrogens with zero attached hydrogens (tertiary/aromatic N) is 3. The van der Waals surface area contributed by atoms with Crippen molar-refractivity contribution in [2.75, 3.05) is 82.1 Å². The van der Waals surface area contributed by atoms with Crippen LogP contribution in [0.2, 0.25) is 0 Å². The van der Waals surface area contributed by atoms with Gasteiger partial charge in [-0.15, -0.1) is 13.0 Å². The quantitative estimate of drug-likeness (QED) is 0.0456. The van der Waals surface area contributed by atoms with Crippen molar-refractivity contribution in [1.82, 2.24) is 15.2 Å². The smallest absolute Gasteiger partial charge is 0.253 e. The number of carbonyl (C=O) groups excluding carboxylic acids is 6. The molecule has 0 aromatic heterocycles. The highest BCUT2D eigenvalue weighted by Crippen LogP contribution is 2.35. The Morgan fingerprint density at radius 3 is 1.45 bits per heavy atom. The maximum absolute atomic E-state index is 11.7. The Morgan fingerprint density at radius 2 is 1.09 bits per heavy atom. The molecular weight excluding hydrogens is 1430 g/mol. The predicted octanol–water partition coefficient (Wildman–Crippen LogP) is 5.79. The molecule has 1 aliphatic carbocycles. The summed E-state index contributed by atoms with van der Waals surface area (Å²) in [6, 6.07) is 0. The van der Waals surface area contributed by atoms with Gasteiger partial charge in [0.25, 0.3) is 5.91 Å². The number of carbonyl (C=O) groups is 6. The van der Waals surface area contributed by atoms with Crippen molar-refractivity contribution in [2.45, 2.75) is 106 Å². The van der Waals surface area contributed by atoms with Gasteiger partial charge in [-0.3, -0.25) is 43.3 Å². The van der Waals surface area contributed by atoms with Gasteiger partial charge in [0.2, 0.25) is 30.2 Å². The van der Waals surface area contributed by atoms with Gasteiger partial charge in [-0.1, -0.05) is 69.4 Å². The molecule has 0 radical (unpaired) electrons. The lowest BCUT2D eigenvalue weighted by atomic mass is 9.95. The first-order valence-corrected chi connectivity index (χ1v) is 38.9. The minimum Gasteiger partial charge on any atom is -0.389 e. The van der Waals surface area contributed by atoms with E-state index in [1.54, 1.807) is 39.1 Å². The third-order valence-electron chi connectivity index (χ3n) is 10.2. The van der Waals surface area contributed by atoms with Crippen LogP contribution in [0.1, 0.15) is 80.6 Å². The van der Waals surface area contributed by atoms with Gasteiger partial charge < -0.3 is 33.5 Å². The molecule has 5 atom stereocenters. The van der Waals surface area contributed by atoms with Crippen LogP contribution < -0.4 is 0 Å². The molecule has 0 unspecified atom stereocenters. The number of hydrogen-bond acceptors (Lipinski definition) is 24. The monoisotopic (exact) mass is 1510 g/mol. The number of hydrogen-bond donors (Lipinski definition) is 1. The predicted molar refractivity (Wildman–Crippen MR) is 389 cm³/mol. The molecule has 0 bridgehead atoms. The van der Waals surface area contributed by atoms with Gasteiger partial charge >= 0.3 is 0 Å². The summed E-state index contributed by atoms with van der Waals surface area (Å²) in [7, 11) is 16.1. The van der Waals surface area contributed by atoms with Crippen LogP contribution in [0.15, 0.2) is 72.9 Å². The highest BCUT2D eigenvalue weighted by atomic mass is 33.3. The van der Waals surface area contributed by atoms with Crippen molar-refractivity contribution in [3.05, 3.63) is 72.9 Å². The van der Waals surface area contributed by atoms with Crippen molar-refractivity contribution in [3.63, 3.8) is 0 Å². The van der Waals surface area contributed by atoms with E-state index < -0.39 is 12.4 Å². The Balaban J connectivity index is -0.000000172. The van der Waals surface area contributed by atoms with E-state index in [1.165, 1.54) is 91.0 Å². The highest BCUT2D eigenvalue weighted by Gasteiger charge is 2.34. The van der Waals surface area contributed by atoms with E-state index >= 15 is 0 Å². The Kier molecular flexibility index (Phi) is 82.0. The summed E-state index contributed by atoms with van der Waals surface area (Å²) < 4.78 is 30.5. The second kappa shape index (κ2) is 72.4. The van der Waals surface area contributed by atoms with E-state index in [0.29, 0.717) is 64.8 Å². The Morgan fingerprint density at radius 1 is 0.682 bits per heavy atom. The second-order valence-corrected chi connectivity index (χ2v) is 27.2. The molecule has 34 heteroatoms. The summed E-state index contributed by atoms with van der Waals surface area (Å²) >= 11 is 33.1. The van der Waals surface area contributed by atoms with Gasteiger partial charge in [-0.25, -0.2) is 15.2 Å². The van der Waals surface area contributed by atoms with Gasteiger partial charge in [-0.05, 0) is 75.4 Å². The molecular formula is C54H85N3O16S15. The summed E-state index contributed by atoms with van der Waals surface area (Å²) in [5.41, 5.74) is 0.810. The lowest BCUT2D eigenvalue weighted by molar-refractivity contribution is -0.170. The molecule has 3 amide bonds. The Labute approximate surface area is 586 Å². The van der Waals surface area contributed by atoms with Crippen LogP contribution >= 0.6 is 13.5 Å². The van der Waals surface area contributed by atoms with E-state index in [-0.39, 0.29) is 91.7 Å². The summed E-state index contributed by atoms with van der Waals surface area (Å²) in [4.78, 5) is 81.3. The van der Waals surface area contributed by atoms with Gasteiger partial charge in [0.05, 0.1) is 79.9 Å². The standard InChI is InChI=1S/2C12H16O3.C9H17NO2.C8H15NO3.C8H13NO3.C5H6O2.S5.S4.S3.S2.H2S/c1-3-9-8(2)6-11(13)10(9)7-12-14-4-5-15-12;1-3-4-10(2)9-11(13)5-6-12-14-7-8-15-12;1-5-6-8(2)7-9(11)10(3)12-4;2*1-4-5-7(10)6-8(11)9(2)12-3;1-2-5-6-3-4-7-5;1-3-5-4-2;1-3-4-2;1-3-2;1-2;/h3,7-9,12H,1,4-6H2,2H3;3-4,10,12H,7-9H2,1-2H3;5-6,8H,7H2,1-4H3;4-5,7,10H,6H2,1-3H3;4-5H,6H2,1-3H3;1,5H,3-4H2;;;;;1H2/b10-7-;4-3+;6-5+;2*5-4+;;;;;;/t8-,9+;10-;8-;7-;;;;;;;/m1000......./s1. The molecule has 0 aromatic carbocycles. The van der Waals surface area contributed by atoms with Crippen molar-refractivity contribution >= 4 is 191 Å². The van der Waals surface area contributed by atoms with Crippen LogP contribution in [0.3, 0.4) is 0 Å². The minimum atomic E-state index is -0.722. The molecule has 0 aromatic rings. The number of amides is 3. The molecule has 1 saturated carbocycles. The third-order valence-corrected chi connectivity index (χ3v) is 16.9. The molecule has 19 nitrogen and oxygen atoms in total. The number of Topliss-reactive ketones (excluding diaryl/α,β-unsaturated/α-hetero) is 2. The Bertz CT molecular complexity index is 2430. The largest absolute Gasteiger partial charge is 0.389 e. The zero-order valence-corrected chi connectivity index (χ0v) is 64.0. The topological polar surface area (TPSA) is 215 Å².